The van der Waals surface area contributed by atoms with Crippen molar-refractivity contribution in [3.8, 4) is 6.07 Å². The molecule has 2 rings (SSSR count). The highest BCUT2D eigenvalue weighted by Gasteiger charge is 2.61. The van der Waals surface area contributed by atoms with E-state index < -0.39 is 0 Å². The fourth-order valence-electron chi connectivity index (χ4n) is 4.90. The Bertz CT molecular complexity index is 466. The van der Waals surface area contributed by atoms with Crippen LogP contribution in [-0.4, -0.2) is 60.0 Å². The largest absolute Gasteiger partial charge is 0.379 e. The third kappa shape index (κ3) is 4.59. The number of ether oxygens (including phenoxy) is 1. The molecule has 0 aromatic carbocycles. The maximum atomic E-state index is 9.95. The Morgan fingerprint density at radius 1 is 1.00 bits per heavy atom. The van der Waals surface area contributed by atoms with Gasteiger partial charge in [0, 0.05) is 19.1 Å². The van der Waals surface area contributed by atoms with Crippen LogP contribution < -0.4 is 0 Å². The second kappa shape index (κ2) is 9.50. The molecule has 0 aliphatic carbocycles. The lowest BCUT2D eigenvalue weighted by Crippen LogP contribution is -2.57. The molecule has 2 aliphatic rings. The lowest BCUT2D eigenvalue weighted by molar-refractivity contribution is -0.247. The Morgan fingerprint density at radius 3 is 2.23 bits per heavy atom. The fourth-order valence-corrected chi connectivity index (χ4v) is 4.90. The number of rotatable bonds is 9. The minimum Gasteiger partial charge on any atom is -0.379 e. The normalized spacial score (nSPS) is 28.9. The SMILES string of the molecule is CCCCCCCCON1C(C)(C)C(C#N)C(N2CCOCC2)C1(C)C. The molecule has 2 fully saturated rings. The molecular formula is C21H39N3O2. The lowest BCUT2D eigenvalue weighted by Gasteiger charge is -2.43. The van der Waals surface area contributed by atoms with Gasteiger partial charge < -0.3 is 4.74 Å². The Kier molecular flexibility index (Phi) is 7.90. The van der Waals surface area contributed by atoms with Gasteiger partial charge in [0.15, 0.2) is 0 Å². The van der Waals surface area contributed by atoms with E-state index in [1.807, 2.05) is 0 Å². The lowest BCUT2D eigenvalue weighted by atomic mass is 9.82. The van der Waals surface area contributed by atoms with Crippen LogP contribution in [-0.2, 0) is 9.57 Å². The van der Waals surface area contributed by atoms with Crippen molar-refractivity contribution in [3.63, 3.8) is 0 Å². The van der Waals surface area contributed by atoms with Crippen molar-refractivity contribution >= 4 is 0 Å². The average Bonchev–Trinajstić information content (AvgIpc) is 2.76. The van der Waals surface area contributed by atoms with Gasteiger partial charge in [-0.05, 0) is 34.1 Å². The first-order chi connectivity index (χ1) is 12.4. The number of nitriles is 1. The topological polar surface area (TPSA) is 48.7 Å². The molecule has 0 radical (unpaired) electrons. The molecule has 2 unspecified atom stereocenters. The van der Waals surface area contributed by atoms with E-state index in [4.69, 9.17) is 9.57 Å². The Labute approximate surface area is 160 Å². The Balaban J connectivity index is 1.99. The van der Waals surface area contributed by atoms with Crippen LogP contribution in [0.15, 0.2) is 0 Å². The molecule has 2 heterocycles. The van der Waals surface area contributed by atoms with Gasteiger partial charge in [0.2, 0.25) is 0 Å². The molecule has 0 N–H and O–H groups in total. The molecule has 0 aromatic rings. The zero-order valence-electron chi connectivity index (χ0n) is 17.6. The van der Waals surface area contributed by atoms with E-state index in [1.165, 1.54) is 32.1 Å². The van der Waals surface area contributed by atoms with E-state index in [-0.39, 0.29) is 23.0 Å². The molecule has 150 valence electrons. The standard InChI is InChI=1S/C21H39N3O2/c1-6-7-8-9-10-11-14-26-24-20(2,3)18(17-22)19(21(24,4)5)23-12-15-25-16-13-23/h18-19H,6-16H2,1-5H3. The summed E-state index contributed by atoms with van der Waals surface area (Å²) in [7, 11) is 0. The molecule has 0 spiro atoms. The third-order valence-electron chi connectivity index (χ3n) is 6.14. The molecule has 26 heavy (non-hydrogen) atoms. The smallest absolute Gasteiger partial charge is 0.0838 e. The summed E-state index contributed by atoms with van der Waals surface area (Å²) in [5.74, 6) is -0.0832. The Hall–Kier alpha value is -0.670. The van der Waals surface area contributed by atoms with Gasteiger partial charge in [-0.25, -0.2) is 0 Å². The maximum Gasteiger partial charge on any atom is 0.0838 e. The van der Waals surface area contributed by atoms with Gasteiger partial charge >= 0.3 is 0 Å². The highest BCUT2D eigenvalue weighted by molar-refractivity contribution is 5.19. The van der Waals surface area contributed by atoms with Gasteiger partial charge in [0.05, 0.1) is 42.9 Å². The van der Waals surface area contributed by atoms with E-state index in [0.29, 0.717) is 0 Å². The summed E-state index contributed by atoms with van der Waals surface area (Å²) >= 11 is 0. The summed E-state index contributed by atoms with van der Waals surface area (Å²) in [5.41, 5.74) is -0.507. The number of hydroxylamine groups is 2. The van der Waals surface area contributed by atoms with Gasteiger partial charge in [-0.2, -0.15) is 10.3 Å². The number of nitrogens with zero attached hydrogens (tertiary/aromatic N) is 3. The van der Waals surface area contributed by atoms with E-state index in [2.05, 4.69) is 50.7 Å². The molecule has 5 nitrogen and oxygen atoms in total. The van der Waals surface area contributed by atoms with Crippen LogP contribution in [0, 0.1) is 17.2 Å². The molecule has 0 aromatic heterocycles. The monoisotopic (exact) mass is 365 g/mol. The predicted molar refractivity (Wildman–Crippen MR) is 105 cm³/mol. The second-order valence-electron chi connectivity index (χ2n) is 8.90. The zero-order valence-corrected chi connectivity index (χ0v) is 17.6. The first-order valence-corrected chi connectivity index (χ1v) is 10.5. The first kappa shape index (κ1) is 21.6. The minimum atomic E-state index is -0.302. The van der Waals surface area contributed by atoms with Gasteiger partial charge in [0.1, 0.15) is 0 Å². The number of morpholine rings is 1. The average molecular weight is 366 g/mol. The number of hydrogen-bond acceptors (Lipinski definition) is 5. The van der Waals surface area contributed by atoms with Crippen LogP contribution in [0.25, 0.3) is 0 Å². The third-order valence-corrected chi connectivity index (χ3v) is 6.14. The van der Waals surface area contributed by atoms with Crippen molar-refractivity contribution in [1.82, 2.24) is 9.96 Å². The van der Waals surface area contributed by atoms with Crippen LogP contribution in [0.4, 0.5) is 0 Å². The Morgan fingerprint density at radius 2 is 1.62 bits per heavy atom. The number of hydrogen-bond donors (Lipinski definition) is 0. The van der Waals surface area contributed by atoms with Crippen LogP contribution in [0.2, 0.25) is 0 Å². The quantitative estimate of drug-likeness (QED) is 0.578. The van der Waals surface area contributed by atoms with E-state index >= 15 is 0 Å². The van der Waals surface area contributed by atoms with Crippen molar-refractivity contribution < 1.29 is 9.57 Å². The van der Waals surface area contributed by atoms with Crippen molar-refractivity contribution in [2.45, 2.75) is 90.3 Å². The van der Waals surface area contributed by atoms with E-state index in [1.54, 1.807) is 0 Å². The summed E-state index contributed by atoms with van der Waals surface area (Å²) in [4.78, 5) is 8.76. The summed E-state index contributed by atoms with van der Waals surface area (Å²) in [5, 5.41) is 12.1. The molecule has 2 saturated heterocycles. The predicted octanol–water partition coefficient (Wildman–Crippen LogP) is 3.99. The summed E-state index contributed by atoms with van der Waals surface area (Å²) in [6, 6.07) is 2.77. The summed E-state index contributed by atoms with van der Waals surface area (Å²) in [6.07, 6.45) is 7.55. The molecular weight excluding hydrogens is 326 g/mol. The minimum absolute atomic E-state index is 0.0832. The van der Waals surface area contributed by atoms with Crippen LogP contribution in [0.5, 0.6) is 0 Å². The molecule has 2 atom stereocenters. The van der Waals surface area contributed by atoms with Crippen LogP contribution in [0.3, 0.4) is 0 Å². The molecule has 0 saturated carbocycles. The first-order valence-electron chi connectivity index (χ1n) is 10.5. The van der Waals surface area contributed by atoms with Gasteiger partial charge in [-0.15, -0.1) is 0 Å². The van der Waals surface area contributed by atoms with Crippen LogP contribution in [0.1, 0.15) is 73.1 Å². The molecule has 5 heteroatoms. The molecule has 0 bridgehead atoms. The number of unbranched alkanes of at least 4 members (excludes halogenated alkanes) is 5. The van der Waals surface area contributed by atoms with Gasteiger partial charge in [0.25, 0.3) is 0 Å². The fraction of sp³-hybridized carbons (Fsp3) is 0.952. The van der Waals surface area contributed by atoms with Crippen LogP contribution >= 0.6 is 0 Å². The highest BCUT2D eigenvalue weighted by Crippen LogP contribution is 2.47. The van der Waals surface area contributed by atoms with Crippen molar-refractivity contribution in [2.24, 2.45) is 5.92 Å². The van der Waals surface area contributed by atoms with Crippen molar-refractivity contribution in [3.05, 3.63) is 0 Å². The zero-order chi connectivity index (χ0) is 19.2. The van der Waals surface area contributed by atoms with Crippen molar-refractivity contribution in [2.75, 3.05) is 32.9 Å². The maximum absolute atomic E-state index is 9.95. The van der Waals surface area contributed by atoms with E-state index in [9.17, 15) is 5.26 Å². The van der Waals surface area contributed by atoms with Gasteiger partial charge in [-0.3, -0.25) is 9.74 Å². The van der Waals surface area contributed by atoms with E-state index in [0.717, 1.165) is 39.3 Å². The molecule has 0 amide bonds. The second-order valence-corrected chi connectivity index (χ2v) is 8.90. The van der Waals surface area contributed by atoms with Gasteiger partial charge in [-0.1, -0.05) is 39.0 Å². The summed E-state index contributed by atoms with van der Waals surface area (Å²) < 4.78 is 5.53. The van der Waals surface area contributed by atoms with Crippen molar-refractivity contribution in [1.29, 1.82) is 5.26 Å². The summed E-state index contributed by atoms with van der Waals surface area (Å²) in [6.45, 7) is 15.1. The highest BCUT2D eigenvalue weighted by atomic mass is 16.7. The molecule has 2 aliphatic heterocycles.